The molecule has 2 atom stereocenters. The van der Waals surface area contributed by atoms with Crippen molar-refractivity contribution in [2.24, 2.45) is 0 Å². The summed E-state index contributed by atoms with van der Waals surface area (Å²) >= 11 is 0. The summed E-state index contributed by atoms with van der Waals surface area (Å²) in [4.78, 5) is 34.0. The Morgan fingerprint density at radius 2 is 1.34 bits per heavy atom. The number of hydrazine groups is 1. The number of carbonyl (C=O) groups is 2. The van der Waals surface area contributed by atoms with E-state index >= 15 is 0 Å². The molecule has 214 valence electrons. The summed E-state index contributed by atoms with van der Waals surface area (Å²) < 4.78 is 0. The van der Waals surface area contributed by atoms with Gasteiger partial charge in [-0.1, -0.05) is 0 Å². The summed E-state index contributed by atoms with van der Waals surface area (Å²) in [6, 6.07) is 8.65. The van der Waals surface area contributed by atoms with E-state index in [0.717, 1.165) is 34.6 Å². The highest BCUT2D eigenvalue weighted by Crippen LogP contribution is 2.40. The third kappa shape index (κ3) is 5.30. The van der Waals surface area contributed by atoms with E-state index in [1.165, 1.54) is 11.1 Å². The molecule has 0 saturated heterocycles. The molecule has 2 amide bonds. The molecule has 0 saturated carbocycles. The number of fused-ring (bicyclic) bond motifs is 4. The quantitative estimate of drug-likeness (QED) is 0.553. The number of aromatic nitrogens is 2. The maximum Gasteiger partial charge on any atom is 0.224 e. The fourth-order valence-electron chi connectivity index (χ4n) is 6.63. The molecule has 2 aromatic heterocycles. The number of nitriles is 1. The topological polar surface area (TPSA) is 117 Å². The Bertz CT molecular complexity index is 1460. The van der Waals surface area contributed by atoms with Gasteiger partial charge in [-0.3, -0.25) is 19.5 Å². The van der Waals surface area contributed by atoms with Crippen molar-refractivity contribution in [1.29, 1.82) is 5.26 Å². The number of amides is 2. The Morgan fingerprint density at radius 1 is 0.854 bits per heavy atom. The summed E-state index contributed by atoms with van der Waals surface area (Å²) in [6.07, 6.45) is 6.51. The summed E-state index contributed by atoms with van der Waals surface area (Å²) in [5.74, 6) is 1.81. The van der Waals surface area contributed by atoms with Gasteiger partial charge >= 0.3 is 0 Å². The molecule has 4 aliphatic rings. The van der Waals surface area contributed by atoms with Gasteiger partial charge in [0, 0.05) is 35.6 Å². The van der Waals surface area contributed by atoms with E-state index in [4.69, 9.17) is 0 Å². The standard InChI is InChI=1S/C18H26N4O.C13H12N4O/c1-11(2)22(12(3)4)21-10-14-9-16(23)20-13(5)17(14)15-7-6-8-19-18(15)21;1-8-12-9(5-11(18)16-8)6-17(7-14)13-10(12)3-2-4-15-13/h6-8,11-13H,9-10H2,1-5H3,(H,20,23);2-4,8H,5-6H2,1H3,(H,16,18). The largest absolute Gasteiger partial charge is 0.349 e. The van der Waals surface area contributed by atoms with Gasteiger partial charge in [0.2, 0.25) is 11.8 Å². The van der Waals surface area contributed by atoms with E-state index in [1.54, 1.807) is 11.1 Å². The summed E-state index contributed by atoms with van der Waals surface area (Å²) in [6.45, 7) is 14.0. The predicted molar refractivity (Wildman–Crippen MR) is 159 cm³/mol. The van der Waals surface area contributed by atoms with Gasteiger partial charge in [-0.2, -0.15) is 5.26 Å². The second-order valence-electron chi connectivity index (χ2n) is 11.5. The van der Waals surface area contributed by atoms with Crippen molar-refractivity contribution < 1.29 is 9.59 Å². The van der Waals surface area contributed by atoms with Crippen LogP contribution in [0.1, 0.15) is 65.5 Å². The van der Waals surface area contributed by atoms with Gasteiger partial charge in [0.05, 0.1) is 38.0 Å². The van der Waals surface area contributed by atoms with Crippen molar-refractivity contribution in [3.05, 3.63) is 58.9 Å². The highest BCUT2D eigenvalue weighted by Gasteiger charge is 2.36. The fraction of sp³-hybridized carbons (Fsp3) is 0.452. The molecule has 4 aliphatic heterocycles. The number of carbonyl (C=O) groups excluding carboxylic acids is 2. The third-order valence-electron chi connectivity index (χ3n) is 7.93. The van der Waals surface area contributed by atoms with Crippen molar-refractivity contribution in [2.75, 3.05) is 23.0 Å². The molecule has 0 fully saturated rings. The van der Waals surface area contributed by atoms with E-state index in [9.17, 15) is 14.9 Å². The van der Waals surface area contributed by atoms with E-state index in [1.807, 2.05) is 31.3 Å². The second kappa shape index (κ2) is 11.3. The molecular formula is C31H38N8O2. The highest BCUT2D eigenvalue weighted by atomic mass is 16.2. The first-order valence-electron chi connectivity index (χ1n) is 14.3. The molecule has 0 radical (unpaired) electrons. The van der Waals surface area contributed by atoms with Gasteiger partial charge in [0.15, 0.2) is 12.0 Å². The van der Waals surface area contributed by atoms with Crippen LogP contribution in [0.3, 0.4) is 0 Å². The van der Waals surface area contributed by atoms with Crippen LogP contribution in [-0.2, 0) is 9.59 Å². The lowest BCUT2D eigenvalue weighted by molar-refractivity contribution is -0.121. The number of nitrogens with one attached hydrogen (secondary N) is 2. The first-order chi connectivity index (χ1) is 19.6. The van der Waals surface area contributed by atoms with Gasteiger partial charge in [-0.25, -0.2) is 15.0 Å². The van der Waals surface area contributed by atoms with Gasteiger partial charge in [0.25, 0.3) is 0 Å². The lowest BCUT2D eigenvalue weighted by atomic mass is 9.86. The first kappa shape index (κ1) is 28.3. The molecule has 2 aromatic rings. The minimum atomic E-state index is -0.0231. The van der Waals surface area contributed by atoms with Crippen molar-refractivity contribution >= 4 is 34.6 Å². The molecule has 6 rings (SSSR count). The molecule has 10 nitrogen and oxygen atoms in total. The number of nitrogens with zero attached hydrogens (tertiary/aromatic N) is 6. The van der Waals surface area contributed by atoms with Crippen LogP contribution in [0, 0.1) is 11.5 Å². The Kier molecular flexibility index (Phi) is 7.82. The van der Waals surface area contributed by atoms with Crippen LogP contribution in [0.25, 0.3) is 11.1 Å². The molecule has 41 heavy (non-hydrogen) atoms. The van der Waals surface area contributed by atoms with Crippen LogP contribution in [0.5, 0.6) is 0 Å². The average Bonchev–Trinajstić information content (AvgIpc) is 2.91. The zero-order chi connectivity index (χ0) is 29.4. The number of rotatable bonds is 3. The molecule has 0 aromatic carbocycles. The number of hydrogen-bond donors (Lipinski definition) is 2. The van der Waals surface area contributed by atoms with E-state index in [0.29, 0.717) is 37.3 Å². The van der Waals surface area contributed by atoms with E-state index < -0.39 is 0 Å². The fourth-order valence-corrected chi connectivity index (χ4v) is 6.63. The molecule has 0 spiro atoms. The molecular weight excluding hydrogens is 516 g/mol. The molecule has 10 heteroatoms. The lowest BCUT2D eigenvalue weighted by Crippen LogP contribution is -2.54. The van der Waals surface area contributed by atoms with Crippen LogP contribution in [0.4, 0.5) is 11.6 Å². The van der Waals surface area contributed by atoms with Crippen molar-refractivity contribution in [3.63, 3.8) is 0 Å². The van der Waals surface area contributed by atoms with Gasteiger partial charge in [0.1, 0.15) is 5.82 Å². The Morgan fingerprint density at radius 3 is 1.85 bits per heavy atom. The van der Waals surface area contributed by atoms with Crippen molar-refractivity contribution in [1.82, 2.24) is 25.6 Å². The monoisotopic (exact) mass is 554 g/mol. The lowest BCUT2D eigenvalue weighted by Gasteiger charge is -2.46. The van der Waals surface area contributed by atoms with Crippen LogP contribution < -0.4 is 20.5 Å². The summed E-state index contributed by atoms with van der Waals surface area (Å²) in [5, 5.41) is 19.8. The smallest absolute Gasteiger partial charge is 0.224 e. The number of pyridine rings is 2. The van der Waals surface area contributed by atoms with E-state index in [-0.39, 0.29) is 23.9 Å². The zero-order valence-electron chi connectivity index (χ0n) is 24.6. The summed E-state index contributed by atoms with van der Waals surface area (Å²) in [5.41, 5.74) is 6.70. The average molecular weight is 555 g/mol. The molecule has 2 unspecified atom stereocenters. The first-order valence-corrected chi connectivity index (χ1v) is 14.3. The SMILES string of the molecule is CC1NC(=O)CC2=C1c1cccnc1N(C#N)C2.CC1NC(=O)CC2=C1c1cccnc1N(N(C(C)C)C(C)C)C2. The van der Waals surface area contributed by atoms with Gasteiger partial charge < -0.3 is 10.6 Å². The number of anilines is 2. The van der Waals surface area contributed by atoms with Crippen LogP contribution in [0.15, 0.2) is 47.8 Å². The van der Waals surface area contributed by atoms with Crippen LogP contribution in [0.2, 0.25) is 0 Å². The Hall–Kier alpha value is -4.23. The zero-order valence-corrected chi connectivity index (χ0v) is 24.6. The Balaban J connectivity index is 0.000000169. The maximum atomic E-state index is 12.0. The van der Waals surface area contributed by atoms with Crippen molar-refractivity contribution in [2.45, 2.75) is 78.6 Å². The molecule has 0 aliphatic carbocycles. The minimum absolute atomic E-state index is 0.0199. The van der Waals surface area contributed by atoms with E-state index in [2.05, 4.69) is 77.5 Å². The molecule has 2 N–H and O–H groups in total. The van der Waals surface area contributed by atoms with Crippen LogP contribution >= 0.6 is 0 Å². The van der Waals surface area contributed by atoms with Crippen molar-refractivity contribution in [3.8, 4) is 6.19 Å². The number of hydrogen-bond acceptors (Lipinski definition) is 8. The van der Waals surface area contributed by atoms with Gasteiger partial charge in [-0.05, 0) is 88.1 Å². The summed E-state index contributed by atoms with van der Waals surface area (Å²) in [7, 11) is 0. The van der Waals surface area contributed by atoms with Crippen LogP contribution in [-0.4, -0.2) is 64.0 Å². The minimum Gasteiger partial charge on any atom is -0.349 e. The third-order valence-corrected chi connectivity index (χ3v) is 7.93. The Labute approximate surface area is 241 Å². The predicted octanol–water partition coefficient (Wildman–Crippen LogP) is 3.64. The molecule has 6 heterocycles. The molecule has 0 bridgehead atoms. The second-order valence-corrected chi connectivity index (χ2v) is 11.5. The van der Waals surface area contributed by atoms with Gasteiger partial charge in [-0.15, -0.1) is 0 Å². The normalized spacial score (nSPS) is 21.4. The maximum absolute atomic E-state index is 12.0. The highest BCUT2D eigenvalue weighted by molar-refractivity contribution is 5.94.